The summed E-state index contributed by atoms with van der Waals surface area (Å²) in [6.45, 7) is 0.556. The first-order valence-corrected chi connectivity index (χ1v) is 12.7. The summed E-state index contributed by atoms with van der Waals surface area (Å²) < 4.78 is 27.9. The van der Waals surface area contributed by atoms with Gasteiger partial charge in [0.15, 0.2) is 0 Å². The third kappa shape index (κ3) is 4.69. The lowest BCUT2D eigenvalue weighted by atomic mass is 10.2. The molecular weight excluding hydrogens is 454 g/mol. The minimum Gasteiger partial charge on any atom is -0.331 e. The lowest BCUT2D eigenvalue weighted by molar-refractivity contribution is -0.136. The highest BCUT2D eigenvalue weighted by Crippen LogP contribution is 2.24. The Morgan fingerprint density at radius 3 is 2.59 bits per heavy atom. The van der Waals surface area contributed by atoms with Crippen molar-refractivity contribution in [2.75, 3.05) is 26.0 Å². The first kappa shape index (κ1) is 23.9. The van der Waals surface area contributed by atoms with Crippen LogP contribution in [0.4, 0.5) is 5.69 Å². The van der Waals surface area contributed by atoms with Crippen molar-refractivity contribution in [1.29, 1.82) is 0 Å². The number of hydrogen-bond acceptors (Lipinski definition) is 5. The summed E-state index contributed by atoms with van der Waals surface area (Å²) >= 11 is 0. The van der Waals surface area contributed by atoms with Crippen molar-refractivity contribution in [3.8, 4) is 0 Å². The monoisotopic (exact) mass is 483 g/mol. The van der Waals surface area contributed by atoms with E-state index in [4.69, 9.17) is 0 Å². The van der Waals surface area contributed by atoms with Gasteiger partial charge in [-0.2, -0.15) is 0 Å². The number of hydrogen-bond donors (Lipinski definition) is 1. The zero-order chi connectivity index (χ0) is 24.5. The van der Waals surface area contributed by atoms with E-state index in [1.54, 1.807) is 23.1 Å². The smallest absolute Gasteiger partial charge is 0.247 e. The lowest BCUT2D eigenvalue weighted by Gasteiger charge is -2.24. The number of aryl methyl sites for hydroxylation is 2. The zero-order valence-electron chi connectivity index (χ0n) is 19.6. The molecule has 4 rings (SSSR count). The number of rotatable bonds is 7. The molecule has 0 bridgehead atoms. The van der Waals surface area contributed by atoms with Crippen molar-refractivity contribution in [3.63, 3.8) is 0 Å². The van der Waals surface area contributed by atoms with Gasteiger partial charge in [0.1, 0.15) is 11.9 Å². The minimum atomic E-state index is -3.56. The average Bonchev–Trinajstić information content (AvgIpc) is 3.43. The van der Waals surface area contributed by atoms with Gasteiger partial charge in [-0.1, -0.05) is 18.2 Å². The number of imidazole rings is 1. The van der Waals surface area contributed by atoms with Crippen LogP contribution in [0.5, 0.6) is 0 Å². The van der Waals surface area contributed by atoms with E-state index in [9.17, 15) is 18.0 Å². The van der Waals surface area contributed by atoms with Crippen molar-refractivity contribution >= 4 is 38.6 Å². The van der Waals surface area contributed by atoms with Crippen LogP contribution in [0, 0.1) is 0 Å². The molecule has 1 fully saturated rings. The molecule has 10 heteroatoms. The molecular formula is C24H29N5O4S. The number of likely N-dealkylation sites (tertiary alicyclic amines) is 1. The predicted molar refractivity (Wildman–Crippen MR) is 130 cm³/mol. The number of fused-ring (bicyclic) bond motifs is 1. The van der Waals surface area contributed by atoms with Crippen LogP contribution in [0.2, 0.25) is 0 Å². The van der Waals surface area contributed by atoms with E-state index in [0.29, 0.717) is 36.4 Å². The zero-order valence-corrected chi connectivity index (χ0v) is 20.4. The van der Waals surface area contributed by atoms with Crippen molar-refractivity contribution in [2.24, 2.45) is 7.05 Å². The van der Waals surface area contributed by atoms with Gasteiger partial charge in [-0.05, 0) is 43.2 Å². The van der Waals surface area contributed by atoms with E-state index in [1.165, 1.54) is 14.1 Å². The summed E-state index contributed by atoms with van der Waals surface area (Å²) in [6, 6.07) is 13.6. The third-order valence-electron chi connectivity index (χ3n) is 6.20. The Morgan fingerprint density at radius 2 is 1.88 bits per heavy atom. The fourth-order valence-corrected chi connectivity index (χ4v) is 5.19. The largest absolute Gasteiger partial charge is 0.331 e. The van der Waals surface area contributed by atoms with Crippen LogP contribution in [0.3, 0.4) is 0 Å². The van der Waals surface area contributed by atoms with Crippen LogP contribution in [0.1, 0.15) is 25.1 Å². The maximum absolute atomic E-state index is 13.0. The van der Waals surface area contributed by atoms with Gasteiger partial charge in [0.25, 0.3) is 0 Å². The summed E-state index contributed by atoms with van der Waals surface area (Å²) in [5.74, 6) is 0.426. The second kappa shape index (κ2) is 9.55. The van der Waals surface area contributed by atoms with Gasteiger partial charge in [-0.25, -0.2) is 17.7 Å². The number of nitrogens with zero attached hydrogens (tertiary/aromatic N) is 4. The maximum atomic E-state index is 13.0. The minimum absolute atomic E-state index is 0.0892. The fraction of sp³-hybridized carbons (Fsp3) is 0.375. The number of aromatic nitrogens is 2. The standard InChI is InChI=1S/C24H29N5O4S/c1-27(2)34(32,33)18-11-12-20-19(16-18)26-22(28(20)3)13-14-23(30)29-15-7-10-21(29)24(31)25-17-8-5-4-6-9-17/h4-6,8-9,11-12,16,21H,7,10,13-15H2,1-3H3,(H,25,31). The van der Waals surface area contributed by atoms with Crippen LogP contribution in [0.15, 0.2) is 53.4 Å². The van der Waals surface area contributed by atoms with E-state index >= 15 is 0 Å². The molecule has 34 heavy (non-hydrogen) atoms. The molecule has 0 radical (unpaired) electrons. The van der Waals surface area contributed by atoms with Gasteiger partial charge < -0.3 is 14.8 Å². The summed E-state index contributed by atoms with van der Waals surface area (Å²) in [6.07, 6.45) is 2.03. The van der Waals surface area contributed by atoms with Crippen LogP contribution in [-0.4, -0.2) is 65.7 Å². The van der Waals surface area contributed by atoms with Crippen molar-refractivity contribution in [2.45, 2.75) is 36.6 Å². The van der Waals surface area contributed by atoms with Crippen LogP contribution < -0.4 is 5.32 Å². The molecule has 9 nitrogen and oxygen atoms in total. The first-order valence-electron chi connectivity index (χ1n) is 11.2. The lowest BCUT2D eigenvalue weighted by Crippen LogP contribution is -2.43. The van der Waals surface area contributed by atoms with Crippen molar-refractivity contribution < 1.29 is 18.0 Å². The fourth-order valence-electron chi connectivity index (χ4n) is 4.27. The topological polar surface area (TPSA) is 105 Å². The normalized spacial score (nSPS) is 16.4. The molecule has 1 atom stereocenters. The van der Waals surface area contributed by atoms with Crippen LogP contribution >= 0.6 is 0 Å². The van der Waals surface area contributed by atoms with Crippen LogP contribution in [0.25, 0.3) is 11.0 Å². The second-order valence-corrected chi connectivity index (χ2v) is 10.8. The van der Waals surface area contributed by atoms with Gasteiger partial charge in [-0.15, -0.1) is 0 Å². The Balaban J connectivity index is 1.45. The summed E-state index contributed by atoms with van der Waals surface area (Å²) in [5, 5.41) is 2.89. The Kier molecular flexibility index (Phi) is 6.72. The van der Waals surface area contributed by atoms with E-state index in [2.05, 4.69) is 10.3 Å². The molecule has 1 N–H and O–H groups in total. The number of carbonyl (C=O) groups excluding carboxylic acids is 2. The number of carbonyl (C=O) groups is 2. The molecule has 1 aliphatic rings. The third-order valence-corrected chi connectivity index (χ3v) is 8.01. The number of para-hydroxylation sites is 1. The first-order chi connectivity index (χ1) is 16.2. The van der Waals surface area contributed by atoms with Gasteiger partial charge >= 0.3 is 0 Å². The van der Waals surface area contributed by atoms with E-state index in [-0.39, 0.29) is 23.1 Å². The van der Waals surface area contributed by atoms with Crippen LogP contribution in [-0.2, 0) is 33.1 Å². The SMILES string of the molecule is CN(C)S(=O)(=O)c1ccc2c(c1)nc(CCC(=O)N1CCCC1C(=O)Nc1ccccc1)n2C. The number of benzene rings is 2. The van der Waals surface area contributed by atoms with Gasteiger partial charge in [0, 0.05) is 46.2 Å². The Labute approximate surface area is 199 Å². The molecule has 1 saturated heterocycles. The molecule has 0 aliphatic carbocycles. The summed E-state index contributed by atoms with van der Waals surface area (Å²) in [7, 11) is 1.26. The number of amides is 2. The van der Waals surface area contributed by atoms with Gasteiger partial charge in [0.05, 0.1) is 15.9 Å². The number of sulfonamides is 1. The van der Waals surface area contributed by atoms with Crippen molar-refractivity contribution in [3.05, 3.63) is 54.4 Å². The molecule has 2 aromatic carbocycles. The van der Waals surface area contributed by atoms with Gasteiger partial charge in [0.2, 0.25) is 21.8 Å². The molecule has 1 aliphatic heterocycles. The molecule has 2 amide bonds. The van der Waals surface area contributed by atoms with Gasteiger partial charge in [-0.3, -0.25) is 9.59 Å². The average molecular weight is 484 g/mol. The summed E-state index contributed by atoms with van der Waals surface area (Å²) in [5.41, 5.74) is 2.07. The van der Waals surface area contributed by atoms with E-state index < -0.39 is 16.1 Å². The molecule has 3 aromatic rings. The Bertz CT molecular complexity index is 1320. The predicted octanol–water partition coefficient (Wildman–Crippen LogP) is 2.39. The molecule has 180 valence electrons. The van der Waals surface area contributed by atoms with Crippen molar-refractivity contribution in [1.82, 2.24) is 18.8 Å². The Morgan fingerprint density at radius 1 is 1.15 bits per heavy atom. The molecule has 0 spiro atoms. The molecule has 1 aromatic heterocycles. The molecule has 0 saturated carbocycles. The summed E-state index contributed by atoms with van der Waals surface area (Å²) in [4.78, 5) is 32.2. The highest BCUT2D eigenvalue weighted by atomic mass is 32.2. The highest BCUT2D eigenvalue weighted by molar-refractivity contribution is 7.89. The van der Waals surface area contributed by atoms with E-state index in [1.807, 2.05) is 41.9 Å². The number of nitrogens with one attached hydrogen (secondary N) is 1. The van der Waals surface area contributed by atoms with E-state index in [0.717, 1.165) is 16.2 Å². The Hall–Kier alpha value is -3.24. The maximum Gasteiger partial charge on any atom is 0.247 e. The second-order valence-electron chi connectivity index (χ2n) is 8.63. The molecule has 2 heterocycles. The molecule has 1 unspecified atom stereocenters. The number of anilines is 1. The highest BCUT2D eigenvalue weighted by Gasteiger charge is 2.34. The quantitative estimate of drug-likeness (QED) is 0.556.